The summed E-state index contributed by atoms with van der Waals surface area (Å²) in [7, 11) is -2.24. The molecule has 1 heterocycles. The van der Waals surface area contributed by atoms with Gasteiger partial charge in [-0.3, -0.25) is 8.99 Å². The van der Waals surface area contributed by atoms with Gasteiger partial charge in [0.1, 0.15) is 0 Å². The number of halogens is 1. The standard InChI is InChI=1S/C12H15ClN4O2S/c1-3-17(10-6-4-9(14)5-7-10)20(18,19)12-11(13)8-15-16(12)2/h4-8H,3,14H2,1-2H3. The lowest BCUT2D eigenvalue weighted by Gasteiger charge is -2.23. The fourth-order valence-corrected chi connectivity index (χ4v) is 4.01. The molecule has 0 unspecified atom stereocenters. The normalized spacial score (nSPS) is 11.6. The Hall–Kier alpha value is -1.73. The number of nitrogen functional groups attached to an aromatic ring is 1. The van der Waals surface area contributed by atoms with E-state index in [9.17, 15) is 8.42 Å². The lowest BCUT2D eigenvalue weighted by molar-refractivity contribution is 0.573. The zero-order chi connectivity index (χ0) is 14.9. The summed E-state index contributed by atoms with van der Waals surface area (Å²) in [6.45, 7) is 2.02. The zero-order valence-electron chi connectivity index (χ0n) is 11.1. The van der Waals surface area contributed by atoms with Crippen molar-refractivity contribution in [3.05, 3.63) is 35.5 Å². The average molecular weight is 315 g/mol. The van der Waals surface area contributed by atoms with Crippen molar-refractivity contribution in [2.45, 2.75) is 11.9 Å². The van der Waals surface area contributed by atoms with Gasteiger partial charge in [0, 0.05) is 19.3 Å². The van der Waals surface area contributed by atoms with Crippen molar-refractivity contribution < 1.29 is 8.42 Å². The van der Waals surface area contributed by atoms with Crippen molar-refractivity contribution in [1.29, 1.82) is 0 Å². The van der Waals surface area contributed by atoms with Gasteiger partial charge in [-0.05, 0) is 31.2 Å². The Morgan fingerprint density at radius 1 is 1.35 bits per heavy atom. The predicted octanol–water partition coefficient (Wildman–Crippen LogP) is 1.87. The fraction of sp³-hybridized carbons (Fsp3) is 0.250. The molecule has 6 nitrogen and oxygen atoms in total. The Bertz CT molecular complexity index is 690. The second-order valence-electron chi connectivity index (χ2n) is 4.18. The van der Waals surface area contributed by atoms with Crippen molar-refractivity contribution in [3.63, 3.8) is 0 Å². The molecule has 108 valence electrons. The molecule has 0 aliphatic carbocycles. The molecule has 0 saturated carbocycles. The van der Waals surface area contributed by atoms with Crippen molar-refractivity contribution in [3.8, 4) is 0 Å². The SMILES string of the molecule is CCN(c1ccc(N)cc1)S(=O)(=O)c1c(Cl)cnn1C. The van der Waals surface area contributed by atoms with Crippen LogP contribution in [0.2, 0.25) is 5.02 Å². The highest BCUT2D eigenvalue weighted by molar-refractivity contribution is 7.92. The highest BCUT2D eigenvalue weighted by atomic mass is 35.5. The number of benzene rings is 1. The molecule has 0 fully saturated rings. The van der Waals surface area contributed by atoms with Gasteiger partial charge in [0.15, 0.2) is 5.03 Å². The zero-order valence-corrected chi connectivity index (χ0v) is 12.7. The van der Waals surface area contributed by atoms with E-state index in [0.29, 0.717) is 11.4 Å². The van der Waals surface area contributed by atoms with Gasteiger partial charge in [0.05, 0.1) is 16.9 Å². The lowest BCUT2D eigenvalue weighted by Crippen LogP contribution is -2.32. The summed E-state index contributed by atoms with van der Waals surface area (Å²) < 4.78 is 27.9. The minimum absolute atomic E-state index is 0.0298. The Labute approximate surface area is 122 Å². The van der Waals surface area contributed by atoms with E-state index in [4.69, 9.17) is 17.3 Å². The molecule has 0 aliphatic heterocycles. The van der Waals surface area contributed by atoms with Crippen LogP contribution in [-0.2, 0) is 17.1 Å². The number of nitrogens with zero attached hydrogens (tertiary/aromatic N) is 3. The van der Waals surface area contributed by atoms with Crippen LogP contribution in [0.3, 0.4) is 0 Å². The number of rotatable bonds is 4. The molecule has 0 amide bonds. The minimum Gasteiger partial charge on any atom is -0.399 e. The average Bonchev–Trinajstić information content (AvgIpc) is 2.72. The molecule has 2 N–H and O–H groups in total. The summed E-state index contributed by atoms with van der Waals surface area (Å²) >= 11 is 5.93. The van der Waals surface area contributed by atoms with E-state index in [0.717, 1.165) is 0 Å². The van der Waals surface area contributed by atoms with Crippen LogP contribution in [0, 0.1) is 0 Å². The molecule has 0 radical (unpaired) electrons. The second-order valence-corrected chi connectivity index (χ2v) is 6.37. The van der Waals surface area contributed by atoms with Gasteiger partial charge in [-0.25, -0.2) is 0 Å². The van der Waals surface area contributed by atoms with Gasteiger partial charge in [-0.15, -0.1) is 0 Å². The number of sulfonamides is 1. The number of hydrogen-bond donors (Lipinski definition) is 1. The Kier molecular flexibility index (Phi) is 3.92. The predicted molar refractivity (Wildman–Crippen MR) is 79.3 cm³/mol. The van der Waals surface area contributed by atoms with E-state index in [-0.39, 0.29) is 16.6 Å². The quantitative estimate of drug-likeness (QED) is 0.874. The van der Waals surface area contributed by atoms with Crippen LogP contribution >= 0.6 is 11.6 Å². The third kappa shape index (κ3) is 2.46. The van der Waals surface area contributed by atoms with Crippen LogP contribution in [0.25, 0.3) is 0 Å². The Morgan fingerprint density at radius 3 is 2.40 bits per heavy atom. The molecular weight excluding hydrogens is 300 g/mol. The Balaban J connectivity index is 2.53. The molecule has 0 bridgehead atoms. The van der Waals surface area contributed by atoms with Crippen LogP contribution in [0.1, 0.15) is 6.92 Å². The maximum absolute atomic E-state index is 12.7. The summed E-state index contributed by atoms with van der Waals surface area (Å²) in [6, 6.07) is 6.61. The topological polar surface area (TPSA) is 81.2 Å². The summed E-state index contributed by atoms with van der Waals surface area (Å²) in [6.07, 6.45) is 1.31. The third-order valence-corrected chi connectivity index (χ3v) is 5.26. The molecule has 2 rings (SSSR count). The van der Waals surface area contributed by atoms with Gasteiger partial charge in [0.2, 0.25) is 0 Å². The van der Waals surface area contributed by atoms with Gasteiger partial charge in [0.25, 0.3) is 10.0 Å². The number of hydrogen-bond acceptors (Lipinski definition) is 4. The van der Waals surface area contributed by atoms with E-state index in [2.05, 4.69) is 5.10 Å². The Morgan fingerprint density at radius 2 is 1.95 bits per heavy atom. The molecule has 8 heteroatoms. The molecule has 2 aromatic rings. The van der Waals surface area contributed by atoms with Crippen molar-refractivity contribution >= 4 is 33.0 Å². The van der Waals surface area contributed by atoms with Crippen LogP contribution in [0.4, 0.5) is 11.4 Å². The minimum atomic E-state index is -3.77. The van der Waals surface area contributed by atoms with Crippen LogP contribution < -0.4 is 10.0 Å². The molecule has 0 saturated heterocycles. The maximum atomic E-state index is 12.7. The first-order chi connectivity index (χ1) is 9.37. The summed E-state index contributed by atoms with van der Waals surface area (Å²) in [5.41, 5.74) is 6.71. The summed E-state index contributed by atoms with van der Waals surface area (Å²) in [4.78, 5) is 0. The van der Waals surface area contributed by atoms with E-state index in [1.807, 2.05) is 0 Å². The van der Waals surface area contributed by atoms with Crippen molar-refractivity contribution in [2.75, 3.05) is 16.6 Å². The van der Waals surface area contributed by atoms with Crippen LogP contribution in [0.15, 0.2) is 35.5 Å². The van der Waals surface area contributed by atoms with Crippen LogP contribution in [-0.4, -0.2) is 24.7 Å². The highest BCUT2D eigenvalue weighted by Gasteiger charge is 2.29. The molecule has 0 spiro atoms. The van der Waals surface area contributed by atoms with Gasteiger partial charge in [-0.2, -0.15) is 13.5 Å². The number of aromatic nitrogens is 2. The van der Waals surface area contributed by atoms with E-state index >= 15 is 0 Å². The lowest BCUT2D eigenvalue weighted by atomic mass is 10.3. The largest absolute Gasteiger partial charge is 0.399 e. The van der Waals surface area contributed by atoms with E-state index < -0.39 is 10.0 Å². The first-order valence-electron chi connectivity index (χ1n) is 5.93. The fourth-order valence-electron chi connectivity index (χ4n) is 1.93. The van der Waals surface area contributed by atoms with E-state index in [1.54, 1.807) is 31.2 Å². The first kappa shape index (κ1) is 14.7. The van der Waals surface area contributed by atoms with Crippen LogP contribution in [0.5, 0.6) is 0 Å². The number of anilines is 2. The molecular formula is C12H15ClN4O2S. The summed E-state index contributed by atoms with van der Waals surface area (Å²) in [5.74, 6) is 0. The van der Waals surface area contributed by atoms with Gasteiger partial charge >= 0.3 is 0 Å². The smallest absolute Gasteiger partial charge is 0.283 e. The number of aryl methyl sites for hydroxylation is 1. The summed E-state index contributed by atoms with van der Waals surface area (Å²) in [5, 5.41) is 3.93. The molecule has 0 aliphatic rings. The molecule has 1 aromatic heterocycles. The monoisotopic (exact) mass is 314 g/mol. The van der Waals surface area contributed by atoms with Crippen molar-refractivity contribution in [1.82, 2.24) is 9.78 Å². The second kappa shape index (κ2) is 5.34. The molecule has 20 heavy (non-hydrogen) atoms. The van der Waals surface area contributed by atoms with Crippen molar-refractivity contribution in [2.24, 2.45) is 7.05 Å². The highest BCUT2D eigenvalue weighted by Crippen LogP contribution is 2.28. The molecule has 0 atom stereocenters. The van der Waals surface area contributed by atoms with Gasteiger partial charge < -0.3 is 5.73 Å². The third-order valence-electron chi connectivity index (χ3n) is 2.85. The first-order valence-corrected chi connectivity index (χ1v) is 7.75. The number of nitrogens with two attached hydrogens (primary N) is 1. The van der Waals surface area contributed by atoms with E-state index in [1.165, 1.54) is 22.2 Å². The maximum Gasteiger partial charge on any atom is 0.283 e. The van der Waals surface area contributed by atoms with Gasteiger partial charge in [-0.1, -0.05) is 11.6 Å². The molecule has 1 aromatic carbocycles.